The molecule has 1 fully saturated rings. The number of hydrogen-bond acceptors (Lipinski definition) is 9. The van der Waals surface area contributed by atoms with E-state index >= 15 is 0 Å². The van der Waals surface area contributed by atoms with Crippen molar-refractivity contribution in [2.75, 3.05) is 13.7 Å². The number of ether oxygens (including phenoxy) is 2. The lowest BCUT2D eigenvalue weighted by atomic mass is 9.90. The van der Waals surface area contributed by atoms with E-state index in [-0.39, 0.29) is 6.42 Å². The molecule has 1 aromatic carbocycles. The Hall–Kier alpha value is -1.20. The average Bonchev–Trinajstić information content (AvgIpc) is 2.63. The van der Waals surface area contributed by atoms with Crippen LogP contribution in [0.15, 0.2) is 35.2 Å². The second-order valence-electron chi connectivity index (χ2n) is 5.83. The third-order valence-corrected chi connectivity index (χ3v) is 5.34. The average molecular weight is 373 g/mol. The number of hydrogen-bond donors (Lipinski definition) is 5. The SMILES string of the molecule is COC(=O)[C@]1(Sc2ccccc2)C[C@H](O)[C@@H](N)[C@H]([C@H](O)[C@H](O)CO)O1. The van der Waals surface area contributed by atoms with E-state index in [1.165, 1.54) is 7.11 Å². The van der Waals surface area contributed by atoms with Crippen molar-refractivity contribution in [1.29, 1.82) is 0 Å². The zero-order valence-electron chi connectivity index (χ0n) is 13.7. The van der Waals surface area contributed by atoms with Gasteiger partial charge in [0, 0.05) is 11.3 Å². The van der Waals surface area contributed by atoms with E-state index in [1.807, 2.05) is 6.07 Å². The summed E-state index contributed by atoms with van der Waals surface area (Å²) in [6.45, 7) is -0.721. The quantitative estimate of drug-likeness (QED) is 0.390. The standard InChI is InChI=1S/C16H23NO7S/c1-23-15(22)16(25-9-5-3-2-4-6-9)7-10(19)12(17)14(24-16)13(21)11(20)8-18/h2-6,10-14,18-21H,7-8,17H2,1H3/t10-,11+,12+,13+,14+,16+/m0/s1. The van der Waals surface area contributed by atoms with Crippen molar-refractivity contribution >= 4 is 17.7 Å². The first-order chi connectivity index (χ1) is 11.8. The van der Waals surface area contributed by atoms with E-state index in [0.29, 0.717) is 4.90 Å². The number of esters is 1. The van der Waals surface area contributed by atoms with Crippen LogP contribution in [0.4, 0.5) is 0 Å². The number of methoxy groups -OCH3 is 1. The van der Waals surface area contributed by atoms with Gasteiger partial charge in [0.25, 0.3) is 0 Å². The van der Waals surface area contributed by atoms with Gasteiger partial charge >= 0.3 is 5.97 Å². The number of carbonyl (C=O) groups excluding carboxylic acids is 1. The molecule has 2 rings (SSSR count). The van der Waals surface area contributed by atoms with Crippen LogP contribution in [-0.4, -0.2) is 75.5 Å². The third-order valence-electron chi connectivity index (χ3n) is 4.07. The molecular formula is C16H23NO7S. The van der Waals surface area contributed by atoms with E-state index in [2.05, 4.69) is 0 Å². The number of aliphatic hydroxyl groups excluding tert-OH is 4. The molecule has 6 N–H and O–H groups in total. The number of rotatable bonds is 6. The summed E-state index contributed by atoms with van der Waals surface area (Å²) in [6.07, 6.45) is -5.73. The van der Waals surface area contributed by atoms with Crippen LogP contribution in [0.3, 0.4) is 0 Å². The molecule has 1 heterocycles. The van der Waals surface area contributed by atoms with Crippen LogP contribution in [0.2, 0.25) is 0 Å². The third kappa shape index (κ3) is 4.32. The van der Waals surface area contributed by atoms with Crippen LogP contribution in [0, 0.1) is 0 Å². The predicted molar refractivity (Wildman–Crippen MR) is 89.6 cm³/mol. The highest BCUT2D eigenvalue weighted by Gasteiger charge is 2.54. The Kier molecular flexibility index (Phi) is 6.80. The Balaban J connectivity index is 2.36. The maximum Gasteiger partial charge on any atom is 0.349 e. The van der Waals surface area contributed by atoms with E-state index in [4.69, 9.17) is 20.3 Å². The maximum absolute atomic E-state index is 12.4. The maximum atomic E-state index is 12.4. The Bertz CT molecular complexity index is 575. The van der Waals surface area contributed by atoms with E-state index in [9.17, 15) is 20.1 Å². The monoisotopic (exact) mass is 373 g/mol. The summed E-state index contributed by atoms with van der Waals surface area (Å²) in [5.74, 6) is -0.747. The first kappa shape index (κ1) is 20.1. The first-order valence-electron chi connectivity index (χ1n) is 7.75. The topological polar surface area (TPSA) is 142 Å². The van der Waals surface area contributed by atoms with Gasteiger partial charge in [-0.15, -0.1) is 0 Å². The second kappa shape index (κ2) is 8.45. The molecule has 9 heteroatoms. The highest BCUT2D eigenvalue weighted by molar-refractivity contribution is 8.01. The Morgan fingerprint density at radius 3 is 2.64 bits per heavy atom. The highest BCUT2D eigenvalue weighted by Crippen LogP contribution is 2.44. The van der Waals surface area contributed by atoms with Gasteiger partial charge < -0.3 is 35.6 Å². The van der Waals surface area contributed by atoms with Gasteiger partial charge in [-0.25, -0.2) is 4.79 Å². The summed E-state index contributed by atoms with van der Waals surface area (Å²) >= 11 is 1.02. The van der Waals surface area contributed by atoms with Crippen molar-refractivity contribution in [3.8, 4) is 0 Å². The van der Waals surface area contributed by atoms with Crippen LogP contribution in [-0.2, 0) is 14.3 Å². The van der Waals surface area contributed by atoms with Crippen molar-refractivity contribution in [2.24, 2.45) is 5.73 Å². The summed E-state index contributed by atoms with van der Waals surface area (Å²) in [4.78, 5) is 11.5. The number of aliphatic hydroxyl groups is 4. The number of carbonyl (C=O) groups is 1. The molecule has 8 nitrogen and oxygen atoms in total. The van der Waals surface area contributed by atoms with Crippen LogP contribution in [0.1, 0.15) is 6.42 Å². The minimum absolute atomic E-state index is 0.154. The molecule has 0 amide bonds. The van der Waals surface area contributed by atoms with Gasteiger partial charge in [0.2, 0.25) is 4.93 Å². The van der Waals surface area contributed by atoms with E-state index < -0.39 is 48.0 Å². The molecule has 1 saturated heterocycles. The van der Waals surface area contributed by atoms with Crippen molar-refractivity contribution < 1.29 is 34.7 Å². The van der Waals surface area contributed by atoms with Gasteiger partial charge in [-0.05, 0) is 12.1 Å². The minimum atomic E-state index is -1.65. The van der Waals surface area contributed by atoms with Crippen LogP contribution >= 0.6 is 11.8 Å². The fourth-order valence-corrected chi connectivity index (χ4v) is 3.93. The Labute approximate surface area is 149 Å². The molecule has 25 heavy (non-hydrogen) atoms. The van der Waals surface area contributed by atoms with Gasteiger partial charge in [-0.2, -0.15) is 0 Å². The number of nitrogens with two attached hydrogens (primary N) is 1. The van der Waals surface area contributed by atoms with Crippen molar-refractivity contribution in [2.45, 2.75) is 46.7 Å². The van der Waals surface area contributed by atoms with Gasteiger partial charge in [0.1, 0.15) is 18.3 Å². The van der Waals surface area contributed by atoms with E-state index in [0.717, 1.165) is 11.8 Å². The summed E-state index contributed by atoms with van der Waals surface area (Å²) in [6, 6.07) is 7.83. The largest absolute Gasteiger partial charge is 0.466 e. The fourth-order valence-electron chi connectivity index (χ4n) is 2.67. The molecule has 0 unspecified atom stereocenters. The smallest absolute Gasteiger partial charge is 0.349 e. The fraction of sp³-hybridized carbons (Fsp3) is 0.562. The lowest BCUT2D eigenvalue weighted by molar-refractivity contribution is -0.203. The molecule has 1 aliphatic heterocycles. The molecule has 0 spiro atoms. The van der Waals surface area contributed by atoms with Crippen molar-refractivity contribution in [3.05, 3.63) is 30.3 Å². The van der Waals surface area contributed by atoms with Crippen molar-refractivity contribution in [3.63, 3.8) is 0 Å². The highest BCUT2D eigenvalue weighted by atomic mass is 32.2. The summed E-state index contributed by atoms with van der Waals surface area (Å²) in [7, 11) is 1.19. The number of thioether (sulfide) groups is 1. The molecule has 1 aliphatic rings. The zero-order valence-corrected chi connectivity index (χ0v) is 14.5. The van der Waals surface area contributed by atoms with Gasteiger partial charge in [0.15, 0.2) is 0 Å². The number of benzene rings is 1. The van der Waals surface area contributed by atoms with Crippen LogP contribution < -0.4 is 5.73 Å². The van der Waals surface area contributed by atoms with Crippen LogP contribution in [0.5, 0.6) is 0 Å². The van der Waals surface area contributed by atoms with Gasteiger partial charge in [-0.1, -0.05) is 30.0 Å². The molecule has 1 aromatic rings. The normalized spacial score (nSPS) is 32.0. The molecule has 0 radical (unpaired) electrons. The molecule has 0 aromatic heterocycles. The summed E-state index contributed by atoms with van der Waals surface area (Å²) in [5.41, 5.74) is 5.88. The Morgan fingerprint density at radius 2 is 2.08 bits per heavy atom. The molecule has 140 valence electrons. The zero-order chi connectivity index (χ0) is 18.6. The molecule has 0 aliphatic carbocycles. The minimum Gasteiger partial charge on any atom is -0.466 e. The molecule has 0 bridgehead atoms. The molecule has 0 saturated carbocycles. The summed E-state index contributed by atoms with van der Waals surface area (Å²) in [5, 5.41) is 39.3. The van der Waals surface area contributed by atoms with E-state index in [1.54, 1.807) is 24.3 Å². The van der Waals surface area contributed by atoms with Crippen molar-refractivity contribution in [1.82, 2.24) is 0 Å². The van der Waals surface area contributed by atoms with Gasteiger partial charge in [0.05, 0.1) is 25.9 Å². The lowest BCUT2D eigenvalue weighted by Gasteiger charge is -2.45. The molecular weight excluding hydrogens is 350 g/mol. The summed E-state index contributed by atoms with van der Waals surface area (Å²) < 4.78 is 10.6. The molecule has 6 atom stereocenters. The lowest BCUT2D eigenvalue weighted by Crippen LogP contribution is -2.64. The first-order valence-corrected chi connectivity index (χ1v) is 8.57. The Morgan fingerprint density at radius 1 is 1.44 bits per heavy atom. The predicted octanol–water partition coefficient (Wildman–Crippen LogP) is -1.16. The van der Waals surface area contributed by atoms with Gasteiger partial charge in [-0.3, -0.25) is 0 Å². The van der Waals surface area contributed by atoms with Crippen LogP contribution in [0.25, 0.3) is 0 Å². The second-order valence-corrected chi connectivity index (χ2v) is 7.17.